The third-order valence-corrected chi connectivity index (χ3v) is 2.76. The van der Waals surface area contributed by atoms with Gasteiger partial charge in [-0.1, -0.05) is 19.1 Å². The number of benzene rings is 1. The maximum atomic E-state index is 5.08. The first-order chi connectivity index (χ1) is 7.79. The van der Waals surface area contributed by atoms with Gasteiger partial charge in [0.1, 0.15) is 0 Å². The van der Waals surface area contributed by atoms with Crippen LogP contribution in [0.4, 0.5) is 5.69 Å². The highest BCUT2D eigenvalue weighted by Gasteiger charge is 2.06. The number of anilines is 1. The van der Waals surface area contributed by atoms with Crippen LogP contribution in [0.2, 0.25) is 0 Å². The first-order valence-corrected chi connectivity index (χ1v) is 5.67. The highest BCUT2D eigenvalue weighted by molar-refractivity contribution is 5.47. The molecule has 1 unspecified atom stereocenters. The maximum Gasteiger partial charge on any atom is 0.0955 e. The van der Waals surface area contributed by atoms with E-state index in [-0.39, 0.29) is 6.04 Å². The second-order valence-electron chi connectivity index (χ2n) is 3.98. The Morgan fingerprint density at radius 1 is 1.31 bits per heavy atom. The molecule has 84 valence electrons. The zero-order chi connectivity index (χ0) is 11.4. The summed E-state index contributed by atoms with van der Waals surface area (Å²) in [4.78, 5) is 0. The number of aryl methyl sites for hydroxylation is 1. The van der Waals surface area contributed by atoms with E-state index in [1.165, 1.54) is 11.1 Å². The van der Waals surface area contributed by atoms with E-state index in [4.69, 9.17) is 4.42 Å². The van der Waals surface area contributed by atoms with Crippen LogP contribution in [0.15, 0.2) is 47.3 Å². The normalized spacial score (nSPS) is 12.4. The molecule has 2 aromatic rings. The molecule has 0 bridgehead atoms. The minimum atomic E-state index is 0.269. The second-order valence-corrected chi connectivity index (χ2v) is 3.98. The van der Waals surface area contributed by atoms with Gasteiger partial charge in [-0.3, -0.25) is 0 Å². The van der Waals surface area contributed by atoms with Crippen LogP contribution >= 0.6 is 0 Å². The molecule has 0 aliphatic heterocycles. The van der Waals surface area contributed by atoms with Crippen LogP contribution in [0.3, 0.4) is 0 Å². The Kier molecular flexibility index (Phi) is 3.30. The van der Waals surface area contributed by atoms with Gasteiger partial charge in [-0.05, 0) is 37.1 Å². The molecular weight excluding hydrogens is 198 g/mol. The van der Waals surface area contributed by atoms with E-state index in [1.807, 2.05) is 6.07 Å². The third kappa shape index (κ3) is 2.45. The van der Waals surface area contributed by atoms with Gasteiger partial charge in [-0.2, -0.15) is 0 Å². The summed E-state index contributed by atoms with van der Waals surface area (Å²) in [5.74, 6) is 0. The number of hydrogen-bond acceptors (Lipinski definition) is 2. The molecule has 0 aliphatic carbocycles. The Morgan fingerprint density at radius 2 is 2.19 bits per heavy atom. The van der Waals surface area contributed by atoms with Crippen LogP contribution in [0, 0.1) is 0 Å². The standard InChI is InChI=1S/C14H17NO/c1-3-12-5-4-6-14(9-12)15-11(2)13-7-8-16-10-13/h4-11,15H,3H2,1-2H3. The molecule has 1 N–H and O–H groups in total. The number of furan rings is 1. The smallest absolute Gasteiger partial charge is 0.0955 e. The maximum absolute atomic E-state index is 5.08. The van der Waals surface area contributed by atoms with Crippen molar-refractivity contribution in [2.45, 2.75) is 26.3 Å². The minimum absolute atomic E-state index is 0.269. The molecule has 0 amide bonds. The second kappa shape index (κ2) is 4.88. The highest BCUT2D eigenvalue weighted by atomic mass is 16.3. The quantitative estimate of drug-likeness (QED) is 0.833. The fourth-order valence-corrected chi connectivity index (χ4v) is 1.74. The molecule has 2 heteroatoms. The van der Waals surface area contributed by atoms with E-state index in [0.29, 0.717) is 0 Å². The summed E-state index contributed by atoms with van der Waals surface area (Å²) in [6, 6.07) is 10.8. The van der Waals surface area contributed by atoms with Crippen molar-refractivity contribution in [2.75, 3.05) is 5.32 Å². The lowest BCUT2D eigenvalue weighted by Crippen LogP contribution is -2.05. The summed E-state index contributed by atoms with van der Waals surface area (Å²) in [7, 11) is 0. The van der Waals surface area contributed by atoms with E-state index in [1.54, 1.807) is 12.5 Å². The van der Waals surface area contributed by atoms with Gasteiger partial charge in [0.2, 0.25) is 0 Å². The Balaban J connectivity index is 2.08. The van der Waals surface area contributed by atoms with E-state index in [9.17, 15) is 0 Å². The summed E-state index contributed by atoms with van der Waals surface area (Å²) in [6.07, 6.45) is 4.55. The van der Waals surface area contributed by atoms with Crippen molar-refractivity contribution in [1.29, 1.82) is 0 Å². The zero-order valence-electron chi connectivity index (χ0n) is 9.73. The molecule has 2 rings (SSSR count). The lowest BCUT2D eigenvalue weighted by Gasteiger charge is -2.14. The summed E-state index contributed by atoms with van der Waals surface area (Å²) >= 11 is 0. The van der Waals surface area contributed by atoms with Crippen molar-refractivity contribution in [1.82, 2.24) is 0 Å². The van der Waals surface area contributed by atoms with Gasteiger partial charge in [0.25, 0.3) is 0 Å². The van der Waals surface area contributed by atoms with Crippen LogP contribution in [-0.4, -0.2) is 0 Å². The summed E-state index contributed by atoms with van der Waals surface area (Å²) in [5, 5.41) is 3.46. The molecule has 2 nitrogen and oxygen atoms in total. The first kappa shape index (κ1) is 10.8. The molecule has 1 heterocycles. The van der Waals surface area contributed by atoms with Gasteiger partial charge < -0.3 is 9.73 Å². The topological polar surface area (TPSA) is 25.2 Å². The molecule has 1 atom stereocenters. The molecule has 0 aliphatic rings. The molecule has 0 saturated heterocycles. The SMILES string of the molecule is CCc1cccc(NC(C)c2ccoc2)c1. The molecule has 0 fully saturated rings. The van der Waals surface area contributed by atoms with Crippen molar-refractivity contribution in [3.8, 4) is 0 Å². The van der Waals surface area contributed by atoms with E-state index >= 15 is 0 Å². The van der Waals surface area contributed by atoms with Crippen LogP contribution in [0.5, 0.6) is 0 Å². The molecular formula is C14H17NO. The van der Waals surface area contributed by atoms with Crippen LogP contribution in [-0.2, 0) is 6.42 Å². The zero-order valence-corrected chi connectivity index (χ0v) is 9.73. The average Bonchev–Trinajstić information content (AvgIpc) is 2.83. The van der Waals surface area contributed by atoms with Crippen molar-refractivity contribution < 1.29 is 4.42 Å². The Morgan fingerprint density at radius 3 is 2.88 bits per heavy atom. The van der Waals surface area contributed by atoms with Crippen molar-refractivity contribution in [3.63, 3.8) is 0 Å². The largest absolute Gasteiger partial charge is 0.472 e. The Labute approximate surface area is 96.3 Å². The molecule has 0 radical (unpaired) electrons. The lowest BCUT2D eigenvalue weighted by molar-refractivity contribution is 0.562. The van der Waals surface area contributed by atoms with E-state index in [2.05, 4.69) is 43.4 Å². The lowest BCUT2D eigenvalue weighted by atomic mass is 10.1. The number of rotatable bonds is 4. The molecule has 1 aromatic heterocycles. The molecule has 0 spiro atoms. The Bertz CT molecular complexity index is 434. The number of nitrogens with one attached hydrogen (secondary N) is 1. The first-order valence-electron chi connectivity index (χ1n) is 5.67. The number of hydrogen-bond donors (Lipinski definition) is 1. The summed E-state index contributed by atoms with van der Waals surface area (Å²) in [5.41, 5.74) is 3.68. The van der Waals surface area contributed by atoms with Gasteiger partial charge in [-0.25, -0.2) is 0 Å². The van der Waals surface area contributed by atoms with Crippen LogP contribution in [0.25, 0.3) is 0 Å². The average molecular weight is 215 g/mol. The fraction of sp³-hybridized carbons (Fsp3) is 0.286. The van der Waals surface area contributed by atoms with Crippen LogP contribution < -0.4 is 5.32 Å². The predicted octanol–water partition coefficient (Wildman–Crippen LogP) is 4.02. The van der Waals surface area contributed by atoms with Crippen LogP contribution in [0.1, 0.15) is 31.0 Å². The van der Waals surface area contributed by atoms with Gasteiger partial charge in [-0.15, -0.1) is 0 Å². The van der Waals surface area contributed by atoms with Gasteiger partial charge in [0.15, 0.2) is 0 Å². The minimum Gasteiger partial charge on any atom is -0.472 e. The van der Waals surface area contributed by atoms with Crippen molar-refractivity contribution in [2.24, 2.45) is 0 Å². The van der Waals surface area contributed by atoms with Crippen molar-refractivity contribution >= 4 is 5.69 Å². The molecule has 0 saturated carbocycles. The van der Waals surface area contributed by atoms with Gasteiger partial charge in [0, 0.05) is 11.3 Å². The summed E-state index contributed by atoms with van der Waals surface area (Å²) in [6.45, 7) is 4.29. The molecule has 1 aromatic carbocycles. The molecule has 16 heavy (non-hydrogen) atoms. The highest BCUT2D eigenvalue weighted by Crippen LogP contribution is 2.20. The monoisotopic (exact) mass is 215 g/mol. The fourth-order valence-electron chi connectivity index (χ4n) is 1.74. The third-order valence-electron chi connectivity index (χ3n) is 2.76. The van der Waals surface area contributed by atoms with Crippen molar-refractivity contribution in [3.05, 3.63) is 54.0 Å². The predicted molar refractivity (Wildman–Crippen MR) is 66.6 cm³/mol. The van der Waals surface area contributed by atoms with E-state index in [0.717, 1.165) is 12.1 Å². The van der Waals surface area contributed by atoms with E-state index < -0.39 is 0 Å². The Hall–Kier alpha value is -1.70. The van der Waals surface area contributed by atoms with Gasteiger partial charge >= 0.3 is 0 Å². The summed E-state index contributed by atoms with van der Waals surface area (Å²) < 4.78 is 5.08. The van der Waals surface area contributed by atoms with Gasteiger partial charge in [0.05, 0.1) is 18.6 Å².